The van der Waals surface area contributed by atoms with E-state index in [1.807, 2.05) is 31.2 Å². The van der Waals surface area contributed by atoms with E-state index in [0.29, 0.717) is 16.4 Å². The molecule has 0 saturated heterocycles. The monoisotopic (exact) mass is 335 g/mol. The number of benzene rings is 2. The van der Waals surface area contributed by atoms with E-state index in [0.717, 1.165) is 11.3 Å². The molecule has 0 unspecified atom stereocenters. The van der Waals surface area contributed by atoms with E-state index >= 15 is 0 Å². The summed E-state index contributed by atoms with van der Waals surface area (Å²) in [7, 11) is -3.76. The molecule has 0 fully saturated rings. The van der Waals surface area contributed by atoms with Crippen molar-refractivity contribution < 1.29 is 8.42 Å². The number of para-hydroxylation sites is 1. The van der Waals surface area contributed by atoms with Crippen LogP contribution in [0.25, 0.3) is 0 Å². The van der Waals surface area contributed by atoms with Gasteiger partial charge in [-0.1, -0.05) is 24.3 Å². The molecule has 0 aliphatic rings. The maximum atomic E-state index is 11.5. The zero-order chi connectivity index (χ0) is 16.3. The van der Waals surface area contributed by atoms with Crippen molar-refractivity contribution in [3.8, 4) is 0 Å². The molecule has 0 spiro atoms. The molecule has 0 heterocycles. The molecule has 0 atom stereocenters. The summed E-state index contributed by atoms with van der Waals surface area (Å²) >= 11 is 5.24. The van der Waals surface area contributed by atoms with E-state index < -0.39 is 10.0 Å². The molecule has 2 rings (SSSR count). The number of hydrogen-bond acceptors (Lipinski definition) is 3. The lowest BCUT2D eigenvalue weighted by Gasteiger charge is -2.13. The number of aryl methyl sites for hydroxylation is 2. The van der Waals surface area contributed by atoms with Crippen LogP contribution < -0.4 is 15.8 Å². The van der Waals surface area contributed by atoms with Gasteiger partial charge in [-0.05, 0) is 55.4 Å². The summed E-state index contributed by atoms with van der Waals surface area (Å²) in [6.07, 6.45) is 0. The molecule has 0 saturated carbocycles. The van der Waals surface area contributed by atoms with Gasteiger partial charge in [-0.2, -0.15) is 0 Å². The van der Waals surface area contributed by atoms with E-state index in [2.05, 4.69) is 10.6 Å². The Labute approximate surface area is 135 Å². The first-order chi connectivity index (χ1) is 10.3. The van der Waals surface area contributed by atoms with Crippen molar-refractivity contribution >= 4 is 38.7 Å². The van der Waals surface area contributed by atoms with Crippen LogP contribution in [0.2, 0.25) is 0 Å². The number of sulfonamides is 1. The third kappa shape index (κ3) is 4.03. The van der Waals surface area contributed by atoms with Gasteiger partial charge < -0.3 is 10.6 Å². The second-order valence-corrected chi connectivity index (χ2v) is 6.86. The van der Waals surface area contributed by atoms with Crippen molar-refractivity contribution in [2.24, 2.45) is 5.14 Å². The predicted octanol–water partition coefficient (Wildman–Crippen LogP) is 2.76. The average Bonchev–Trinajstić information content (AvgIpc) is 2.42. The van der Waals surface area contributed by atoms with E-state index in [1.54, 1.807) is 19.1 Å². The van der Waals surface area contributed by atoms with Crippen molar-refractivity contribution in [1.29, 1.82) is 0 Å². The van der Waals surface area contributed by atoms with Crippen LogP contribution in [0.4, 0.5) is 11.4 Å². The number of rotatable bonds is 3. The lowest BCUT2D eigenvalue weighted by molar-refractivity contribution is 0.597. The molecule has 7 heteroatoms. The van der Waals surface area contributed by atoms with Crippen molar-refractivity contribution in [3.05, 3.63) is 53.6 Å². The van der Waals surface area contributed by atoms with Crippen LogP contribution in [0, 0.1) is 13.8 Å². The molecule has 116 valence electrons. The molecule has 0 bridgehead atoms. The van der Waals surface area contributed by atoms with Crippen LogP contribution in [0.15, 0.2) is 47.4 Å². The SMILES string of the molecule is Cc1ccccc1NC(=S)Nc1ccc(C)c(S(N)(=O)=O)c1. The quantitative estimate of drug-likeness (QED) is 0.751. The molecule has 0 aliphatic carbocycles. The van der Waals surface area contributed by atoms with Gasteiger partial charge in [0.15, 0.2) is 5.11 Å². The number of thiocarbonyl (C=S) groups is 1. The first kappa shape index (κ1) is 16.4. The fourth-order valence-corrected chi connectivity index (χ4v) is 3.02. The standard InChI is InChI=1S/C15H17N3O2S2/c1-10-5-3-4-6-13(10)18-15(21)17-12-8-7-11(2)14(9-12)22(16,19)20/h3-9H,1-2H3,(H2,16,19,20)(H2,17,18,21). The maximum absolute atomic E-state index is 11.5. The molecular formula is C15H17N3O2S2. The minimum Gasteiger partial charge on any atom is -0.332 e. The summed E-state index contributed by atoms with van der Waals surface area (Å²) in [6.45, 7) is 3.66. The zero-order valence-corrected chi connectivity index (χ0v) is 13.9. The molecule has 0 amide bonds. The lowest BCUT2D eigenvalue weighted by atomic mass is 10.2. The second kappa shape index (κ2) is 6.43. The Balaban J connectivity index is 2.18. The molecule has 2 aromatic rings. The average molecular weight is 335 g/mol. The third-order valence-electron chi connectivity index (χ3n) is 3.15. The maximum Gasteiger partial charge on any atom is 0.238 e. The highest BCUT2D eigenvalue weighted by Gasteiger charge is 2.12. The van der Waals surface area contributed by atoms with Crippen LogP contribution in [0.3, 0.4) is 0 Å². The predicted molar refractivity (Wildman–Crippen MR) is 93.6 cm³/mol. The van der Waals surface area contributed by atoms with Crippen LogP contribution in [-0.4, -0.2) is 13.5 Å². The Kier molecular flexibility index (Phi) is 4.80. The Morgan fingerprint density at radius 3 is 2.36 bits per heavy atom. The van der Waals surface area contributed by atoms with Crippen LogP contribution in [0.1, 0.15) is 11.1 Å². The minimum atomic E-state index is -3.76. The molecule has 4 N–H and O–H groups in total. The van der Waals surface area contributed by atoms with E-state index in [1.165, 1.54) is 6.07 Å². The highest BCUT2D eigenvalue weighted by Crippen LogP contribution is 2.20. The molecule has 5 nitrogen and oxygen atoms in total. The molecule has 0 aromatic heterocycles. The van der Waals surface area contributed by atoms with Gasteiger partial charge in [0, 0.05) is 11.4 Å². The van der Waals surface area contributed by atoms with Crippen molar-refractivity contribution in [2.45, 2.75) is 18.7 Å². The zero-order valence-electron chi connectivity index (χ0n) is 12.3. The Bertz CT molecular complexity index is 817. The summed E-state index contributed by atoms with van der Waals surface area (Å²) < 4.78 is 23.1. The summed E-state index contributed by atoms with van der Waals surface area (Å²) in [5.74, 6) is 0. The summed E-state index contributed by atoms with van der Waals surface area (Å²) in [5, 5.41) is 11.6. The largest absolute Gasteiger partial charge is 0.332 e. The van der Waals surface area contributed by atoms with Crippen LogP contribution in [0.5, 0.6) is 0 Å². The number of nitrogens with two attached hydrogens (primary N) is 1. The fourth-order valence-electron chi connectivity index (χ4n) is 1.98. The minimum absolute atomic E-state index is 0.0798. The van der Waals surface area contributed by atoms with Crippen LogP contribution in [-0.2, 0) is 10.0 Å². The van der Waals surface area contributed by atoms with Gasteiger partial charge in [-0.15, -0.1) is 0 Å². The smallest absolute Gasteiger partial charge is 0.238 e. The third-order valence-corrected chi connectivity index (χ3v) is 4.40. The normalized spacial score (nSPS) is 11.0. The van der Waals surface area contributed by atoms with Crippen molar-refractivity contribution in [2.75, 3.05) is 10.6 Å². The van der Waals surface area contributed by atoms with Gasteiger partial charge in [0.05, 0.1) is 4.90 Å². The van der Waals surface area contributed by atoms with E-state index in [4.69, 9.17) is 17.4 Å². The van der Waals surface area contributed by atoms with Gasteiger partial charge in [0.25, 0.3) is 0 Å². The summed E-state index contributed by atoms with van der Waals surface area (Å²) in [6, 6.07) is 12.6. The Morgan fingerprint density at radius 1 is 1.05 bits per heavy atom. The topological polar surface area (TPSA) is 84.2 Å². The number of primary sulfonamides is 1. The molecule has 2 aromatic carbocycles. The first-order valence-electron chi connectivity index (χ1n) is 6.54. The molecule has 0 aliphatic heterocycles. The second-order valence-electron chi connectivity index (χ2n) is 4.92. The van der Waals surface area contributed by atoms with E-state index in [9.17, 15) is 8.42 Å². The molecule has 22 heavy (non-hydrogen) atoms. The van der Waals surface area contributed by atoms with E-state index in [-0.39, 0.29) is 4.90 Å². The fraction of sp³-hybridized carbons (Fsp3) is 0.133. The van der Waals surface area contributed by atoms with Crippen molar-refractivity contribution in [3.63, 3.8) is 0 Å². The highest BCUT2D eigenvalue weighted by atomic mass is 32.2. The lowest BCUT2D eigenvalue weighted by Crippen LogP contribution is -2.20. The number of nitrogens with one attached hydrogen (secondary N) is 2. The van der Waals surface area contributed by atoms with Gasteiger partial charge in [-0.25, -0.2) is 13.6 Å². The highest BCUT2D eigenvalue weighted by molar-refractivity contribution is 7.89. The van der Waals surface area contributed by atoms with Crippen molar-refractivity contribution in [1.82, 2.24) is 0 Å². The summed E-state index contributed by atoms with van der Waals surface area (Å²) in [4.78, 5) is 0.0798. The van der Waals surface area contributed by atoms with Gasteiger partial charge in [0.2, 0.25) is 10.0 Å². The number of hydrogen-bond donors (Lipinski definition) is 3. The molecule has 0 radical (unpaired) electrons. The molecular weight excluding hydrogens is 318 g/mol. The van der Waals surface area contributed by atoms with Gasteiger partial charge >= 0.3 is 0 Å². The number of anilines is 2. The first-order valence-corrected chi connectivity index (χ1v) is 8.50. The van der Waals surface area contributed by atoms with Gasteiger partial charge in [-0.3, -0.25) is 0 Å². The Hall–Kier alpha value is -1.96. The Morgan fingerprint density at radius 2 is 1.73 bits per heavy atom. The van der Waals surface area contributed by atoms with Crippen LogP contribution >= 0.6 is 12.2 Å². The summed E-state index contributed by atoms with van der Waals surface area (Å²) in [5.41, 5.74) is 3.09. The van der Waals surface area contributed by atoms with Gasteiger partial charge in [0.1, 0.15) is 0 Å².